The Hall–Kier alpha value is -2.69. The van der Waals surface area contributed by atoms with Crippen LogP contribution in [0.25, 0.3) is 16.2 Å². The van der Waals surface area contributed by atoms with Gasteiger partial charge in [0.05, 0.1) is 28.4 Å². The maximum atomic E-state index is 13.0. The van der Waals surface area contributed by atoms with Gasteiger partial charge in [0, 0.05) is 13.1 Å². The molecule has 0 unspecified atom stereocenters. The van der Waals surface area contributed by atoms with E-state index < -0.39 is 12.1 Å². The summed E-state index contributed by atoms with van der Waals surface area (Å²) in [6, 6.07) is 1.72. The van der Waals surface area contributed by atoms with E-state index in [9.17, 15) is 22.8 Å². The number of hydrogen-bond donors (Lipinski definition) is 1. The molecule has 154 valence electrons. The molecule has 3 aromatic rings. The molecule has 0 radical (unpaired) electrons. The number of carbonyl (C=O) groups excluding carboxylic acids is 1. The van der Waals surface area contributed by atoms with E-state index in [1.54, 1.807) is 25.3 Å². The molecule has 1 saturated heterocycles. The van der Waals surface area contributed by atoms with Crippen LogP contribution in [-0.4, -0.2) is 49.8 Å². The number of aromatic amines is 1. The van der Waals surface area contributed by atoms with Gasteiger partial charge in [0.25, 0.3) is 11.5 Å². The number of rotatable bonds is 2. The molecule has 11 heteroatoms. The summed E-state index contributed by atoms with van der Waals surface area (Å²) in [4.78, 5) is 33.7. The SMILES string of the molecule is Cc1nn(-c2nc3ccsc3c(=O)[nH]2)c(C)c1C(=O)N1CCC(C(F)(F)F)CC1. The lowest BCUT2D eigenvalue weighted by molar-refractivity contribution is -0.183. The van der Waals surface area contributed by atoms with Gasteiger partial charge in [-0.25, -0.2) is 9.67 Å². The Kier molecular flexibility index (Phi) is 4.72. The second-order valence-corrected chi connectivity index (χ2v) is 8.01. The Morgan fingerprint density at radius 1 is 1.28 bits per heavy atom. The fourth-order valence-corrected chi connectivity index (χ4v) is 4.41. The van der Waals surface area contributed by atoms with Crippen LogP contribution in [0, 0.1) is 19.8 Å². The summed E-state index contributed by atoms with van der Waals surface area (Å²) >= 11 is 1.28. The highest BCUT2D eigenvalue weighted by atomic mass is 32.1. The number of amides is 1. The van der Waals surface area contributed by atoms with Gasteiger partial charge >= 0.3 is 6.18 Å². The Bertz CT molecular complexity index is 1140. The largest absolute Gasteiger partial charge is 0.391 e. The molecule has 1 N–H and O–H groups in total. The molecule has 0 aliphatic carbocycles. The summed E-state index contributed by atoms with van der Waals surface area (Å²) in [7, 11) is 0. The molecule has 4 heterocycles. The number of alkyl halides is 3. The van der Waals surface area contributed by atoms with Crippen molar-refractivity contribution in [3.05, 3.63) is 38.8 Å². The van der Waals surface area contributed by atoms with Crippen LogP contribution < -0.4 is 5.56 Å². The quantitative estimate of drug-likeness (QED) is 0.684. The lowest BCUT2D eigenvalue weighted by Crippen LogP contribution is -2.42. The molecule has 3 aromatic heterocycles. The third-order valence-corrected chi connectivity index (χ3v) is 6.16. The molecule has 0 atom stereocenters. The number of aryl methyl sites for hydroxylation is 1. The van der Waals surface area contributed by atoms with Crippen molar-refractivity contribution in [2.45, 2.75) is 32.9 Å². The van der Waals surface area contributed by atoms with Crippen LogP contribution in [0.5, 0.6) is 0 Å². The fourth-order valence-electron chi connectivity index (χ4n) is 3.69. The monoisotopic (exact) mass is 425 g/mol. The van der Waals surface area contributed by atoms with Gasteiger partial charge in [0.2, 0.25) is 5.95 Å². The third kappa shape index (κ3) is 3.43. The number of H-pyrrole nitrogens is 1. The summed E-state index contributed by atoms with van der Waals surface area (Å²) < 4.78 is 40.5. The number of aromatic nitrogens is 4. The molecule has 0 bridgehead atoms. The van der Waals surface area contributed by atoms with E-state index in [-0.39, 0.29) is 43.3 Å². The molecular weight excluding hydrogens is 407 g/mol. The van der Waals surface area contributed by atoms with Gasteiger partial charge in [-0.05, 0) is 38.1 Å². The number of halogens is 3. The van der Waals surface area contributed by atoms with E-state index in [0.717, 1.165) is 0 Å². The van der Waals surface area contributed by atoms with Crippen LogP contribution in [0.1, 0.15) is 34.6 Å². The van der Waals surface area contributed by atoms with Crippen molar-refractivity contribution in [2.75, 3.05) is 13.1 Å². The van der Waals surface area contributed by atoms with Crippen LogP contribution in [0.3, 0.4) is 0 Å². The first-order valence-electron chi connectivity index (χ1n) is 9.07. The standard InChI is InChI=1S/C18H18F3N5O2S/c1-9-13(16(28)25-6-3-11(4-7-25)18(19,20)21)10(2)26(24-9)17-22-12-5-8-29-14(12)15(27)23-17/h5,8,11H,3-4,6-7H2,1-2H3,(H,22,23,27). The van der Waals surface area contributed by atoms with Crippen molar-refractivity contribution in [1.82, 2.24) is 24.6 Å². The smallest absolute Gasteiger partial charge is 0.339 e. The number of nitrogens with one attached hydrogen (secondary N) is 1. The van der Waals surface area contributed by atoms with Crippen molar-refractivity contribution in [3.8, 4) is 5.95 Å². The Morgan fingerprint density at radius 3 is 2.62 bits per heavy atom. The molecule has 29 heavy (non-hydrogen) atoms. The summed E-state index contributed by atoms with van der Waals surface area (Å²) in [5.41, 5.74) is 1.46. The highest BCUT2D eigenvalue weighted by Crippen LogP contribution is 2.34. The summed E-state index contributed by atoms with van der Waals surface area (Å²) in [6.07, 6.45) is -4.44. The van der Waals surface area contributed by atoms with Gasteiger partial charge in [0.15, 0.2) is 0 Å². The minimum atomic E-state index is -4.23. The normalized spacial score (nSPS) is 16.0. The van der Waals surface area contributed by atoms with Crippen molar-refractivity contribution < 1.29 is 18.0 Å². The van der Waals surface area contributed by atoms with Gasteiger partial charge in [-0.1, -0.05) is 0 Å². The molecule has 0 aromatic carbocycles. The first-order valence-corrected chi connectivity index (χ1v) is 9.95. The van der Waals surface area contributed by atoms with Crippen LogP contribution in [0.2, 0.25) is 0 Å². The zero-order chi connectivity index (χ0) is 20.9. The summed E-state index contributed by atoms with van der Waals surface area (Å²) in [6.45, 7) is 3.42. The van der Waals surface area contributed by atoms with Crippen LogP contribution >= 0.6 is 11.3 Å². The Balaban J connectivity index is 1.63. The number of piperidine rings is 1. The van der Waals surface area contributed by atoms with E-state index >= 15 is 0 Å². The number of likely N-dealkylation sites (tertiary alicyclic amines) is 1. The Morgan fingerprint density at radius 2 is 1.97 bits per heavy atom. The molecule has 0 saturated carbocycles. The first kappa shape index (κ1) is 19.6. The predicted molar refractivity (Wildman–Crippen MR) is 102 cm³/mol. The van der Waals surface area contributed by atoms with Gasteiger partial charge < -0.3 is 4.90 Å². The predicted octanol–water partition coefficient (Wildman–Crippen LogP) is 3.20. The van der Waals surface area contributed by atoms with E-state index in [4.69, 9.17) is 0 Å². The van der Waals surface area contributed by atoms with Crippen molar-refractivity contribution >= 4 is 27.5 Å². The summed E-state index contributed by atoms with van der Waals surface area (Å²) in [5.74, 6) is -1.54. The third-order valence-electron chi connectivity index (χ3n) is 5.25. The maximum absolute atomic E-state index is 13.0. The highest BCUT2D eigenvalue weighted by Gasteiger charge is 2.42. The van der Waals surface area contributed by atoms with Crippen LogP contribution in [0.4, 0.5) is 13.2 Å². The van der Waals surface area contributed by atoms with Crippen molar-refractivity contribution in [3.63, 3.8) is 0 Å². The van der Waals surface area contributed by atoms with E-state index in [1.165, 1.54) is 20.9 Å². The van der Waals surface area contributed by atoms with Crippen molar-refractivity contribution in [1.29, 1.82) is 0 Å². The van der Waals surface area contributed by atoms with Crippen LogP contribution in [0.15, 0.2) is 16.2 Å². The highest BCUT2D eigenvalue weighted by molar-refractivity contribution is 7.17. The second-order valence-electron chi connectivity index (χ2n) is 7.09. The van der Waals surface area contributed by atoms with Gasteiger partial charge in [-0.15, -0.1) is 11.3 Å². The molecule has 1 amide bonds. The zero-order valence-corrected chi connectivity index (χ0v) is 16.5. The van der Waals surface area contributed by atoms with Gasteiger partial charge in [-0.2, -0.15) is 18.3 Å². The second kappa shape index (κ2) is 6.97. The average Bonchev–Trinajstić information content (AvgIpc) is 3.25. The number of thiophene rings is 1. The topological polar surface area (TPSA) is 83.9 Å². The minimum Gasteiger partial charge on any atom is -0.339 e. The molecule has 1 aliphatic rings. The Labute approximate surface area is 167 Å². The molecular formula is C18H18F3N5O2S. The van der Waals surface area contributed by atoms with Gasteiger partial charge in [-0.3, -0.25) is 14.6 Å². The number of fused-ring (bicyclic) bond motifs is 1. The molecule has 4 rings (SSSR count). The number of carbonyl (C=O) groups is 1. The maximum Gasteiger partial charge on any atom is 0.391 e. The molecule has 7 nitrogen and oxygen atoms in total. The van der Waals surface area contributed by atoms with E-state index in [1.807, 2.05) is 0 Å². The van der Waals surface area contributed by atoms with E-state index in [0.29, 0.717) is 27.2 Å². The lowest BCUT2D eigenvalue weighted by atomic mass is 9.95. The molecule has 1 fully saturated rings. The first-order chi connectivity index (χ1) is 13.7. The number of nitrogens with zero attached hydrogens (tertiary/aromatic N) is 4. The molecule has 0 spiro atoms. The average molecular weight is 425 g/mol. The van der Waals surface area contributed by atoms with Crippen molar-refractivity contribution in [2.24, 2.45) is 5.92 Å². The summed E-state index contributed by atoms with van der Waals surface area (Å²) in [5, 5.41) is 6.10. The molecule has 1 aliphatic heterocycles. The zero-order valence-electron chi connectivity index (χ0n) is 15.7. The van der Waals surface area contributed by atoms with Crippen LogP contribution in [-0.2, 0) is 0 Å². The fraction of sp³-hybridized carbons (Fsp3) is 0.444. The minimum absolute atomic E-state index is 0.0447. The van der Waals surface area contributed by atoms with Gasteiger partial charge in [0.1, 0.15) is 4.70 Å². The number of hydrogen-bond acceptors (Lipinski definition) is 5. The lowest BCUT2D eigenvalue weighted by Gasteiger charge is -2.33. The van der Waals surface area contributed by atoms with E-state index in [2.05, 4.69) is 15.1 Å².